The molecule has 4 nitrogen and oxygen atoms in total. The lowest BCUT2D eigenvalue weighted by molar-refractivity contribution is -0.143. The molecule has 0 spiro atoms. The molecule has 5 heteroatoms. The Morgan fingerprint density at radius 3 is 2.75 bits per heavy atom. The molecule has 1 aromatic rings. The van der Waals surface area contributed by atoms with E-state index in [0.717, 1.165) is 10.2 Å². The molecular weight excluding hydrogens is 272 g/mol. The predicted octanol–water partition coefficient (Wildman–Crippen LogP) is 1.62. The van der Waals surface area contributed by atoms with Crippen molar-refractivity contribution in [1.82, 2.24) is 4.98 Å². The highest BCUT2D eigenvalue weighted by Crippen LogP contribution is 2.30. The Hall–Kier alpha value is -0.940. The fourth-order valence-electron chi connectivity index (χ4n) is 1.43. The van der Waals surface area contributed by atoms with Gasteiger partial charge in [-0.1, -0.05) is 13.8 Å². The number of nitrogens with zero attached hydrogens (tertiary/aromatic N) is 1. The minimum absolute atomic E-state index is 0.442. The molecule has 16 heavy (non-hydrogen) atoms. The largest absolute Gasteiger partial charge is 0.468 e. The minimum atomic E-state index is -0.747. The third kappa shape index (κ3) is 2.41. The summed E-state index contributed by atoms with van der Waals surface area (Å²) in [7, 11) is 1.33. The van der Waals surface area contributed by atoms with Crippen molar-refractivity contribution in [2.45, 2.75) is 25.3 Å². The lowest BCUT2D eigenvalue weighted by Gasteiger charge is -2.29. The Bertz CT molecular complexity index is 393. The lowest BCUT2D eigenvalue weighted by Crippen LogP contribution is -2.48. The molecule has 88 valence electrons. The summed E-state index contributed by atoms with van der Waals surface area (Å²) in [6.07, 6.45) is 1.67. The highest BCUT2D eigenvalue weighted by Gasteiger charge is 2.37. The van der Waals surface area contributed by atoms with E-state index in [4.69, 9.17) is 5.73 Å². The Morgan fingerprint density at radius 2 is 2.25 bits per heavy atom. The summed E-state index contributed by atoms with van der Waals surface area (Å²) < 4.78 is 5.49. The van der Waals surface area contributed by atoms with Gasteiger partial charge in [0.15, 0.2) is 0 Å². The molecule has 1 unspecified atom stereocenters. The van der Waals surface area contributed by atoms with Crippen molar-refractivity contribution in [3.63, 3.8) is 0 Å². The smallest absolute Gasteiger partial charge is 0.323 e. The fraction of sp³-hybridized carbons (Fsp3) is 0.455. The van der Waals surface area contributed by atoms with Crippen LogP contribution in [0.25, 0.3) is 0 Å². The van der Waals surface area contributed by atoms with Gasteiger partial charge in [-0.25, -0.2) is 0 Å². The number of carbonyl (C=O) groups excluding carboxylic acids is 1. The summed E-state index contributed by atoms with van der Waals surface area (Å²) in [5.41, 5.74) is 6.02. The number of pyridine rings is 1. The zero-order valence-electron chi connectivity index (χ0n) is 9.53. The van der Waals surface area contributed by atoms with Crippen LogP contribution in [0.3, 0.4) is 0 Å². The van der Waals surface area contributed by atoms with E-state index in [2.05, 4.69) is 25.7 Å². The van der Waals surface area contributed by atoms with E-state index >= 15 is 0 Å². The summed E-state index contributed by atoms with van der Waals surface area (Å²) >= 11 is 3.40. The van der Waals surface area contributed by atoms with Crippen LogP contribution >= 0.6 is 15.9 Å². The molecule has 0 fully saturated rings. The molecule has 0 saturated heterocycles. The van der Waals surface area contributed by atoms with Gasteiger partial charge < -0.3 is 10.5 Å². The number of methoxy groups -OCH3 is 1. The van der Waals surface area contributed by atoms with E-state index in [1.54, 1.807) is 6.20 Å². The molecule has 1 atom stereocenters. The maximum Gasteiger partial charge on any atom is 0.323 e. The predicted molar refractivity (Wildman–Crippen MR) is 65.0 cm³/mol. The van der Waals surface area contributed by atoms with Gasteiger partial charge in [-0.05, 0) is 28.1 Å². The van der Waals surface area contributed by atoms with Crippen molar-refractivity contribution in [2.75, 3.05) is 7.11 Å². The summed E-state index contributed by atoms with van der Waals surface area (Å²) in [6.45, 7) is 3.73. The first-order valence-corrected chi connectivity index (χ1v) is 5.65. The average Bonchev–Trinajstić information content (AvgIpc) is 2.27. The molecule has 0 bridgehead atoms. The van der Waals surface area contributed by atoms with Crippen LogP contribution in [0.1, 0.15) is 19.5 Å². The van der Waals surface area contributed by atoms with Crippen LogP contribution in [0.4, 0.5) is 0 Å². The average molecular weight is 287 g/mol. The molecule has 0 radical (unpaired) electrons. The first-order chi connectivity index (χ1) is 7.41. The molecule has 0 aliphatic rings. The second-order valence-corrected chi connectivity index (χ2v) is 4.91. The van der Waals surface area contributed by atoms with Crippen molar-refractivity contribution in [2.24, 2.45) is 5.73 Å². The van der Waals surface area contributed by atoms with Gasteiger partial charge in [0.1, 0.15) is 6.04 Å². The highest BCUT2D eigenvalue weighted by atomic mass is 79.9. The second-order valence-electron chi connectivity index (χ2n) is 4.06. The zero-order valence-corrected chi connectivity index (χ0v) is 11.1. The van der Waals surface area contributed by atoms with Crippen molar-refractivity contribution < 1.29 is 9.53 Å². The molecule has 0 aromatic carbocycles. The normalized spacial score (nSPS) is 13.3. The standard InChI is InChI=1S/C11H15BrN2O2/c1-11(2,8(13)10(15)16-3)9-7(12)5-4-6-14-9/h4-6,8H,13H2,1-3H3. The molecular formula is C11H15BrN2O2. The monoisotopic (exact) mass is 286 g/mol. The Morgan fingerprint density at radius 1 is 1.62 bits per heavy atom. The molecule has 1 rings (SSSR count). The topological polar surface area (TPSA) is 65.2 Å². The molecule has 1 heterocycles. The van der Waals surface area contributed by atoms with Crippen LogP contribution in [0.2, 0.25) is 0 Å². The quantitative estimate of drug-likeness (QED) is 0.858. The third-order valence-corrected chi connectivity index (χ3v) is 3.24. The maximum atomic E-state index is 11.5. The molecule has 1 aromatic heterocycles. The highest BCUT2D eigenvalue weighted by molar-refractivity contribution is 9.10. The summed E-state index contributed by atoms with van der Waals surface area (Å²) in [6, 6.07) is 2.94. The number of hydrogen-bond donors (Lipinski definition) is 1. The maximum absolute atomic E-state index is 11.5. The van der Waals surface area contributed by atoms with Crippen LogP contribution in [0.5, 0.6) is 0 Å². The van der Waals surface area contributed by atoms with Gasteiger partial charge in [-0.2, -0.15) is 0 Å². The molecule has 0 amide bonds. The molecule has 0 saturated carbocycles. The number of halogens is 1. The van der Waals surface area contributed by atoms with Crippen molar-refractivity contribution >= 4 is 21.9 Å². The molecule has 0 aliphatic heterocycles. The number of nitrogens with two attached hydrogens (primary N) is 1. The third-order valence-electron chi connectivity index (χ3n) is 2.60. The van der Waals surface area contributed by atoms with E-state index in [9.17, 15) is 4.79 Å². The van der Waals surface area contributed by atoms with Gasteiger partial charge in [-0.3, -0.25) is 9.78 Å². The zero-order chi connectivity index (χ0) is 12.3. The minimum Gasteiger partial charge on any atom is -0.468 e. The van der Waals surface area contributed by atoms with E-state index < -0.39 is 17.4 Å². The fourth-order valence-corrected chi connectivity index (χ4v) is 2.19. The Balaban J connectivity index is 3.11. The Labute approximate surface area is 103 Å². The second kappa shape index (κ2) is 4.93. The van der Waals surface area contributed by atoms with Gasteiger partial charge in [0, 0.05) is 16.1 Å². The number of rotatable bonds is 3. The molecule has 2 N–H and O–H groups in total. The SMILES string of the molecule is COC(=O)C(N)C(C)(C)c1ncccc1Br. The Kier molecular flexibility index (Phi) is 4.04. The number of esters is 1. The van der Waals surface area contributed by atoms with Crippen LogP contribution < -0.4 is 5.73 Å². The molecule has 0 aliphatic carbocycles. The van der Waals surface area contributed by atoms with Crippen LogP contribution in [0.15, 0.2) is 22.8 Å². The summed E-state index contributed by atoms with van der Waals surface area (Å²) in [4.78, 5) is 15.7. The van der Waals surface area contributed by atoms with Crippen molar-refractivity contribution in [3.8, 4) is 0 Å². The van der Waals surface area contributed by atoms with Crippen LogP contribution in [-0.4, -0.2) is 24.1 Å². The van der Waals surface area contributed by atoms with Gasteiger partial charge in [0.2, 0.25) is 0 Å². The van der Waals surface area contributed by atoms with Crippen molar-refractivity contribution in [3.05, 3.63) is 28.5 Å². The number of hydrogen-bond acceptors (Lipinski definition) is 4. The number of ether oxygens (including phenoxy) is 1. The first kappa shape index (κ1) is 13.1. The first-order valence-electron chi connectivity index (χ1n) is 4.85. The van der Waals surface area contributed by atoms with Gasteiger partial charge >= 0.3 is 5.97 Å². The van der Waals surface area contributed by atoms with Gasteiger partial charge in [0.05, 0.1) is 12.8 Å². The van der Waals surface area contributed by atoms with Crippen LogP contribution in [0, 0.1) is 0 Å². The lowest BCUT2D eigenvalue weighted by atomic mass is 9.81. The number of carbonyl (C=O) groups is 1. The van der Waals surface area contributed by atoms with E-state index in [1.807, 2.05) is 26.0 Å². The van der Waals surface area contributed by atoms with Gasteiger partial charge in [0.25, 0.3) is 0 Å². The van der Waals surface area contributed by atoms with E-state index in [0.29, 0.717) is 0 Å². The van der Waals surface area contributed by atoms with Crippen molar-refractivity contribution in [1.29, 1.82) is 0 Å². The van der Waals surface area contributed by atoms with Crippen LogP contribution in [-0.2, 0) is 14.9 Å². The van der Waals surface area contributed by atoms with E-state index in [1.165, 1.54) is 7.11 Å². The van der Waals surface area contributed by atoms with E-state index in [-0.39, 0.29) is 0 Å². The summed E-state index contributed by atoms with van der Waals surface area (Å²) in [5, 5.41) is 0. The van der Waals surface area contributed by atoms with Gasteiger partial charge in [-0.15, -0.1) is 0 Å². The number of aromatic nitrogens is 1. The summed E-state index contributed by atoms with van der Waals surface area (Å²) in [5.74, 6) is -0.442.